The molecule has 0 spiro atoms. The number of carbonyl (C=O) groups excluding carboxylic acids is 3. The van der Waals surface area contributed by atoms with Gasteiger partial charge in [0.05, 0.1) is 17.4 Å². The van der Waals surface area contributed by atoms with Crippen LogP contribution in [0, 0.1) is 19.8 Å². The highest BCUT2D eigenvalue weighted by atomic mass is 35.5. The number of aryl methyl sites for hydroxylation is 2. The van der Waals surface area contributed by atoms with E-state index in [9.17, 15) is 14.4 Å². The number of halogens is 2. The summed E-state index contributed by atoms with van der Waals surface area (Å²) in [6.45, 7) is 3.46. The average Bonchev–Trinajstić information content (AvgIpc) is 3.69. The van der Waals surface area contributed by atoms with Crippen molar-refractivity contribution >= 4 is 58.4 Å². The number of nitrogens with zero attached hydrogens (tertiary/aromatic N) is 6. The Morgan fingerprint density at radius 3 is 2.27 bits per heavy atom. The van der Waals surface area contributed by atoms with Crippen molar-refractivity contribution in [2.24, 2.45) is 21.4 Å². The highest BCUT2D eigenvalue weighted by molar-refractivity contribution is 6.31. The van der Waals surface area contributed by atoms with Gasteiger partial charge in [-0.3, -0.25) is 19.4 Å². The van der Waals surface area contributed by atoms with Crippen molar-refractivity contribution in [1.29, 1.82) is 0 Å². The van der Waals surface area contributed by atoms with Crippen LogP contribution in [0.15, 0.2) is 87.7 Å². The van der Waals surface area contributed by atoms with Crippen molar-refractivity contribution < 1.29 is 14.4 Å². The molecule has 2 fully saturated rings. The summed E-state index contributed by atoms with van der Waals surface area (Å²) in [6.07, 6.45) is 4.75. The molecule has 3 aromatic carbocycles. The number of anilines is 1. The second kappa shape index (κ2) is 11.5. The first-order valence-electron chi connectivity index (χ1n) is 15.0. The minimum absolute atomic E-state index is 0.0235. The third-order valence-electron chi connectivity index (χ3n) is 9.00. The summed E-state index contributed by atoms with van der Waals surface area (Å²) in [4.78, 5) is 42.5. The lowest BCUT2D eigenvalue weighted by Gasteiger charge is -2.30. The predicted octanol–water partition coefficient (Wildman–Crippen LogP) is 6.73. The van der Waals surface area contributed by atoms with E-state index in [4.69, 9.17) is 28.3 Å². The second-order valence-corrected chi connectivity index (χ2v) is 12.8. The minimum atomic E-state index is -1.00. The number of hydrazone groups is 1. The molecule has 3 aliphatic heterocycles. The standard InChI is InChI=1S/C34H30Cl2N6O3/c1-19-5-3-6-20(2)30(19)41-33(44)29-32(34(41)45)40(39-37-29)18-27(43)42-31(22-11-15-25(36)16-12-22)26-8-4-7-23(28(26)38-42)17-21-9-13-24(35)14-10-21/h3,5-6,9-17,26,29,31-32H,4,7-8,18H2,1-2H3/b23-17-/t26-,29+,31-,32+/m0/s1. The summed E-state index contributed by atoms with van der Waals surface area (Å²) < 4.78 is 0. The van der Waals surface area contributed by atoms with Crippen LogP contribution in [-0.2, 0) is 14.4 Å². The van der Waals surface area contributed by atoms with Crippen molar-refractivity contribution in [2.75, 3.05) is 11.4 Å². The summed E-state index contributed by atoms with van der Waals surface area (Å²) in [5.41, 5.74) is 6.04. The van der Waals surface area contributed by atoms with Crippen molar-refractivity contribution in [2.45, 2.75) is 51.2 Å². The van der Waals surface area contributed by atoms with Gasteiger partial charge in [0.1, 0.15) is 6.54 Å². The molecule has 3 aromatic rings. The first-order chi connectivity index (χ1) is 21.7. The Morgan fingerprint density at radius 1 is 0.911 bits per heavy atom. The molecule has 1 saturated heterocycles. The Morgan fingerprint density at radius 2 is 1.58 bits per heavy atom. The van der Waals surface area contributed by atoms with Gasteiger partial charge in [0, 0.05) is 16.0 Å². The van der Waals surface area contributed by atoms with E-state index in [0.717, 1.165) is 52.8 Å². The van der Waals surface area contributed by atoms with Crippen LogP contribution in [0.2, 0.25) is 10.0 Å². The smallest absolute Gasteiger partial charge is 0.264 e. The van der Waals surface area contributed by atoms with Gasteiger partial charge in [-0.05, 0) is 91.3 Å². The van der Waals surface area contributed by atoms with Gasteiger partial charge in [-0.25, -0.2) is 9.91 Å². The van der Waals surface area contributed by atoms with Gasteiger partial charge in [0.2, 0.25) is 0 Å². The normalized spacial score (nSPS) is 24.8. The molecule has 9 nitrogen and oxygen atoms in total. The summed E-state index contributed by atoms with van der Waals surface area (Å²) in [5.74, 6) is -1.24. The summed E-state index contributed by atoms with van der Waals surface area (Å²) in [6, 6.07) is 18.4. The number of benzene rings is 3. The van der Waals surface area contributed by atoms with Crippen LogP contribution < -0.4 is 4.90 Å². The monoisotopic (exact) mass is 640 g/mol. The molecule has 45 heavy (non-hydrogen) atoms. The lowest BCUT2D eigenvalue weighted by Crippen LogP contribution is -2.45. The Balaban J connectivity index is 1.19. The number of fused-ring (bicyclic) bond motifs is 2. The lowest BCUT2D eigenvalue weighted by molar-refractivity contribution is -0.136. The van der Waals surface area contributed by atoms with E-state index in [2.05, 4.69) is 16.4 Å². The van der Waals surface area contributed by atoms with Crippen molar-refractivity contribution in [3.8, 4) is 0 Å². The molecule has 3 amide bonds. The number of hydrogen-bond donors (Lipinski definition) is 0. The van der Waals surface area contributed by atoms with Gasteiger partial charge in [-0.2, -0.15) is 10.2 Å². The maximum absolute atomic E-state index is 14.1. The molecule has 0 N–H and O–H groups in total. The maximum atomic E-state index is 14.1. The van der Waals surface area contributed by atoms with Crippen LogP contribution in [0.1, 0.15) is 47.6 Å². The molecule has 1 saturated carbocycles. The van der Waals surface area contributed by atoms with E-state index < -0.39 is 23.9 Å². The maximum Gasteiger partial charge on any atom is 0.264 e. The number of amides is 3. The molecule has 3 heterocycles. The van der Waals surface area contributed by atoms with Gasteiger partial charge in [0.15, 0.2) is 12.1 Å². The van der Waals surface area contributed by atoms with Crippen LogP contribution in [0.5, 0.6) is 0 Å². The second-order valence-electron chi connectivity index (χ2n) is 11.9. The molecule has 11 heteroatoms. The van der Waals surface area contributed by atoms with Crippen LogP contribution in [0.3, 0.4) is 0 Å². The fraction of sp³-hybridized carbons (Fsp3) is 0.294. The van der Waals surface area contributed by atoms with Gasteiger partial charge in [0.25, 0.3) is 17.7 Å². The van der Waals surface area contributed by atoms with E-state index in [0.29, 0.717) is 15.7 Å². The average molecular weight is 642 g/mol. The SMILES string of the molecule is Cc1cccc(C)c1N1C(=O)[C@@H]2N=NN(CC(=O)N3N=C4/C(=C\c5ccc(Cl)cc5)CCC[C@@H]4[C@@H]3c3ccc(Cl)cc3)[C@H]2C1=O. The Labute approximate surface area is 270 Å². The van der Waals surface area contributed by atoms with Gasteiger partial charge < -0.3 is 0 Å². The van der Waals surface area contributed by atoms with Gasteiger partial charge in [-0.1, -0.05) is 70.9 Å². The molecule has 0 bridgehead atoms. The third-order valence-corrected chi connectivity index (χ3v) is 9.50. The zero-order valence-corrected chi connectivity index (χ0v) is 26.2. The number of allylic oxidation sites excluding steroid dienone is 1. The molecule has 4 atom stereocenters. The highest BCUT2D eigenvalue weighted by Gasteiger charge is 2.56. The Bertz CT molecular complexity index is 1780. The molecule has 7 rings (SSSR count). The minimum Gasteiger partial charge on any atom is -0.271 e. The van der Waals surface area contributed by atoms with Crippen LogP contribution in [-0.4, -0.2) is 52.1 Å². The fourth-order valence-electron chi connectivity index (χ4n) is 6.90. The van der Waals surface area contributed by atoms with Crippen molar-refractivity contribution in [3.05, 3.63) is 105 Å². The van der Waals surface area contributed by atoms with Gasteiger partial charge in [-0.15, -0.1) is 0 Å². The number of rotatable bonds is 5. The van der Waals surface area contributed by atoms with E-state index in [-0.39, 0.29) is 24.4 Å². The first kappa shape index (κ1) is 29.4. The summed E-state index contributed by atoms with van der Waals surface area (Å²) in [7, 11) is 0. The van der Waals surface area contributed by atoms with E-state index >= 15 is 0 Å². The highest BCUT2D eigenvalue weighted by Crippen LogP contribution is 2.45. The fourth-order valence-corrected chi connectivity index (χ4v) is 7.16. The Kier molecular flexibility index (Phi) is 7.54. The molecule has 4 aliphatic rings. The summed E-state index contributed by atoms with van der Waals surface area (Å²) in [5, 5.41) is 17.4. The summed E-state index contributed by atoms with van der Waals surface area (Å²) >= 11 is 12.3. The van der Waals surface area contributed by atoms with Crippen molar-refractivity contribution in [1.82, 2.24) is 10.0 Å². The topological polar surface area (TPSA) is 98.0 Å². The molecular weight excluding hydrogens is 611 g/mol. The number of hydrogen-bond acceptors (Lipinski definition) is 7. The predicted molar refractivity (Wildman–Crippen MR) is 173 cm³/mol. The van der Waals surface area contributed by atoms with E-state index in [1.807, 2.05) is 80.6 Å². The first-order valence-corrected chi connectivity index (χ1v) is 15.7. The van der Waals surface area contributed by atoms with Crippen LogP contribution >= 0.6 is 23.2 Å². The zero-order chi connectivity index (χ0) is 31.4. The molecule has 1 aliphatic carbocycles. The Hall–Kier alpha value is -4.34. The molecule has 228 valence electrons. The van der Waals surface area contributed by atoms with Crippen molar-refractivity contribution in [3.63, 3.8) is 0 Å². The number of carbonyl (C=O) groups is 3. The largest absolute Gasteiger partial charge is 0.271 e. The molecular formula is C34H30Cl2N6O3. The third kappa shape index (κ3) is 5.14. The lowest BCUT2D eigenvalue weighted by atomic mass is 9.77. The molecule has 0 radical (unpaired) electrons. The van der Waals surface area contributed by atoms with Crippen LogP contribution in [0.4, 0.5) is 5.69 Å². The van der Waals surface area contributed by atoms with Gasteiger partial charge >= 0.3 is 0 Å². The van der Waals surface area contributed by atoms with Crippen LogP contribution in [0.25, 0.3) is 6.08 Å². The number of imide groups is 1. The quantitative estimate of drug-likeness (QED) is 0.289. The molecule has 0 unspecified atom stereocenters. The molecule has 0 aromatic heterocycles. The van der Waals surface area contributed by atoms with E-state index in [1.165, 1.54) is 14.9 Å². The zero-order valence-electron chi connectivity index (χ0n) is 24.7. The van der Waals surface area contributed by atoms with E-state index in [1.54, 1.807) is 0 Å². The number of para-hydroxylation sites is 1.